The minimum Gasteiger partial charge on any atom is -0.324 e. The average molecular weight is 212 g/mol. The molecule has 0 amide bonds. The summed E-state index contributed by atoms with van der Waals surface area (Å²) in [5.74, 6) is 0. The molecule has 2 nitrogen and oxygen atoms in total. The lowest BCUT2D eigenvalue weighted by Crippen LogP contribution is -2.47. The second-order valence-corrected chi connectivity index (χ2v) is 6.30. The van der Waals surface area contributed by atoms with E-state index in [0.29, 0.717) is 5.41 Å². The maximum atomic E-state index is 6.22. The normalized spacial score (nSPS) is 27.0. The van der Waals surface area contributed by atoms with Crippen LogP contribution < -0.4 is 5.73 Å². The van der Waals surface area contributed by atoms with Crippen molar-refractivity contribution in [3.05, 3.63) is 0 Å². The van der Waals surface area contributed by atoms with E-state index in [9.17, 15) is 0 Å². The minimum absolute atomic E-state index is 0.00547. The van der Waals surface area contributed by atoms with Gasteiger partial charge in [0.05, 0.1) is 0 Å². The van der Waals surface area contributed by atoms with E-state index in [0.717, 1.165) is 13.0 Å². The molecule has 0 saturated carbocycles. The fraction of sp³-hybridized carbons (Fsp3) is 1.00. The number of nitrogens with zero attached hydrogens (tertiary/aromatic N) is 1. The van der Waals surface area contributed by atoms with E-state index < -0.39 is 0 Å². The first-order chi connectivity index (χ1) is 6.85. The maximum Gasteiger partial charge on any atom is 0.0252 e. The van der Waals surface area contributed by atoms with Crippen molar-refractivity contribution in [1.29, 1.82) is 0 Å². The summed E-state index contributed by atoms with van der Waals surface area (Å²) in [5.41, 5.74) is 6.75. The smallest absolute Gasteiger partial charge is 0.0252 e. The van der Waals surface area contributed by atoms with Crippen molar-refractivity contribution in [2.45, 2.75) is 58.9 Å². The van der Waals surface area contributed by atoms with E-state index in [1.54, 1.807) is 0 Å². The standard InChI is InChI=1S/C13H28N2/c1-5-13(4,14)11-15-9-6-7-12(2,3)8-10-15/h5-11,14H2,1-4H3. The van der Waals surface area contributed by atoms with Gasteiger partial charge in [-0.3, -0.25) is 0 Å². The van der Waals surface area contributed by atoms with Gasteiger partial charge in [0.15, 0.2) is 0 Å². The SMILES string of the molecule is CCC(C)(N)CN1CCCC(C)(C)CC1. The Hall–Kier alpha value is -0.0800. The van der Waals surface area contributed by atoms with Gasteiger partial charge in [-0.15, -0.1) is 0 Å². The zero-order valence-electron chi connectivity index (χ0n) is 11.0. The topological polar surface area (TPSA) is 29.3 Å². The van der Waals surface area contributed by atoms with Gasteiger partial charge >= 0.3 is 0 Å². The molecule has 1 rings (SSSR count). The summed E-state index contributed by atoms with van der Waals surface area (Å²) in [4.78, 5) is 2.55. The van der Waals surface area contributed by atoms with Gasteiger partial charge in [-0.2, -0.15) is 0 Å². The van der Waals surface area contributed by atoms with Crippen molar-refractivity contribution >= 4 is 0 Å². The minimum atomic E-state index is -0.00547. The molecule has 0 bridgehead atoms. The van der Waals surface area contributed by atoms with Gasteiger partial charge in [0.1, 0.15) is 0 Å². The number of rotatable bonds is 3. The van der Waals surface area contributed by atoms with Crippen LogP contribution in [0.4, 0.5) is 0 Å². The predicted molar refractivity (Wildman–Crippen MR) is 67.0 cm³/mol. The van der Waals surface area contributed by atoms with Crippen LogP contribution in [0, 0.1) is 5.41 Å². The fourth-order valence-electron chi connectivity index (χ4n) is 2.26. The molecule has 0 aromatic heterocycles. The highest BCUT2D eigenvalue weighted by Crippen LogP contribution is 2.30. The van der Waals surface area contributed by atoms with Gasteiger partial charge in [0, 0.05) is 12.1 Å². The number of hydrogen-bond donors (Lipinski definition) is 1. The second-order valence-electron chi connectivity index (χ2n) is 6.30. The molecule has 1 aliphatic heterocycles. The van der Waals surface area contributed by atoms with E-state index in [-0.39, 0.29) is 5.54 Å². The third-order valence-corrected chi connectivity index (χ3v) is 3.83. The van der Waals surface area contributed by atoms with Crippen LogP contribution in [0.1, 0.15) is 53.4 Å². The molecule has 0 spiro atoms. The molecule has 1 atom stereocenters. The lowest BCUT2D eigenvalue weighted by Gasteiger charge is -2.31. The highest BCUT2D eigenvalue weighted by molar-refractivity contribution is 4.84. The lowest BCUT2D eigenvalue weighted by atomic mass is 9.85. The zero-order valence-corrected chi connectivity index (χ0v) is 11.0. The molecule has 1 fully saturated rings. The Morgan fingerprint density at radius 2 is 1.93 bits per heavy atom. The third kappa shape index (κ3) is 4.52. The van der Waals surface area contributed by atoms with E-state index in [1.807, 2.05) is 0 Å². The summed E-state index contributed by atoms with van der Waals surface area (Å²) in [6.45, 7) is 12.6. The first-order valence-corrected chi connectivity index (χ1v) is 6.36. The summed E-state index contributed by atoms with van der Waals surface area (Å²) in [6, 6.07) is 0. The van der Waals surface area contributed by atoms with Crippen LogP contribution in [0.15, 0.2) is 0 Å². The van der Waals surface area contributed by atoms with Gasteiger partial charge < -0.3 is 10.6 Å². The Labute approximate surface area is 95.2 Å². The van der Waals surface area contributed by atoms with Gasteiger partial charge in [-0.25, -0.2) is 0 Å². The number of hydrogen-bond acceptors (Lipinski definition) is 2. The van der Waals surface area contributed by atoms with Gasteiger partial charge in [0.2, 0.25) is 0 Å². The summed E-state index contributed by atoms with van der Waals surface area (Å²) >= 11 is 0. The largest absolute Gasteiger partial charge is 0.324 e. The molecule has 1 aliphatic rings. The van der Waals surface area contributed by atoms with Crippen molar-refractivity contribution in [2.75, 3.05) is 19.6 Å². The van der Waals surface area contributed by atoms with Crippen LogP contribution in [0.3, 0.4) is 0 Å². The summed E-state index contributed by atoms with van der Waals surface area (Å²) in [5, 5.41) is 0. The molecule has 1 heterocycles. The molecular weight excluding hydrogens is 184 g/mol. The summed E-state index contributed by atoms with van der Waals surface area (Å²) < 4.78 is 0. The van der Waals surface area contributed by atoms with E-state index in [2.05, 4.69) is 32.6 Å². The molecule has 0 aliphatic carbocycles. The number of likely N-dealkylation sites (tertiary alicyclic amines) is 1. The summed E-state index contributed by atoms with van der Waals surface area (Å²) in [6.07, 6.45) is 5.06. The highest BCUT2D eigenvalue weighted by Gasteiger charge is 2.26. The predicted octanol–water partition coefficient (Wildman–Crippen LogP) is 2.63. The van der Waals surface area contributed by atoms with Crippen LogP contribution in [0.5, 0.6) is 0 Å². The van der Waals surface area contributed by atoms with Crippen LogP contribution in [-0.4, -0.2) is 30.1 Å². The second kappa shape index (κ2) is 4.84. The lowest BCUT2D eigenvalue weighted by molar-refractivity contribution is 0.211. The molecular formula is C13H28N2. The van der Waals surface area contributed by atoms with E-state index >= 15 is 0 Å². The van der Waals surface area contributed by atoms with Crippen molar-refractivity contribution in [3.63, 3.8) is 0 Å². The van der Waals surface area contributed by atoms with Crippen molar-refractivity contribution in [1.82, 2.24) is 4.90 Å². The molecule has 1 unspecified atom stereocenters. The average Bonchev–Trinajstić information content (AvgIpc) is 2.28. The Morgan fingerprint density at radius 1 is 1.27 bits per heavy atom. The molecule has 90 valence electrons. The van der Waals surface area contributed by atoms with Crippen molar-refractivity contribution in [3.8, 4) is 0 Å². The molecule has 0 radical (unpaired) electrons. The van der Waals surface area contributed by atoms with Gasteiger partial charge in [0.25, 0.3) is 0 Å². The van der Waals surface area contributed by atoms with E-state index in [1.165, 1.54) is 32.4 Å². The molecule has 0 aromatic rings. The Kier molecular flexibility index (Phi) is 4.19. The fourth-order valence-corrected chi connectivity index (χ4v) is 2.26. The summed E-state index contributed by atoms with van der Waals surface area (Å²) in [7, 11) is 0. The maximum absolute atomic E-state index is 6.22. The molecule has 2 N–H and O–H groups in total. The van der Waals surface area contributed by atoms with Gasteiger partial charge in [-0.05, 0) is 51.1 Å². The Bertz CT molecular complexity index is 197. The molecule has 1 saturated heterocycles. The quantitative estimate of drug-likeness (QED) is 0.779. The Balaban J connectivity index is 2.45. The molecule has 15 heavy (non-hydrogen) atoms. The van der Waals surface area contributed by atoms with Crippen LogP contribution >= 0.6 is 0 Å². The van der Waals surface area contributed by atoms with Gasteiger partial charge in [-0.1, -0.05) is 20.8 Å². The Morgan fingerprint density at radius 3 is 2.53 bits per heavy atom. The highest BCUT2D eigenvalue weighted by atomic mass is 15.1. The van der Waals surface area contributed by atoms with Crippen LogP contribution in [0.2, 0.25) is 0 Å². The molecule has 0 aromatic carbocycles. The van der Waals surface area contributed by atoms with Crippen molar-refractivity contribution < 1.29 is 0 Å². The van der Waals surface area contributed by atoms with Crippen LogP contribution in [0.25, 0.3) is 0 Å². The van der Waals surface area contributed by atoms with Crippen molar-refractivity contribution in [2.24, 2.45) is 11.1 Å². The van der Waals surface area contributed by atoms with Crippen LogP contribution in [-0.2, 0) is 0 Å². The first-order valence-electron chi connectivity index (χ1n) is 6.36. The zero-order chi connectivity index (χ0) is 11.5. The molecule has 2 heteroatoms. The first kappa shape index (κ1) is 13.0. The third-order valence-electron chi connectivity index (χ3n) is 3.83. The van der Waals surface area contributed by atoms with E-state index in [4.69, 9.17) is 5.73 Å². The monoisotopic (exact) mass is 212 g/mol. The number of nitrogens with two attached hydrogens (primary N) is 1.